The van der Waals surface area contributed by atoms with Crippen LogP contribution in [0.4, 0.5) is 0 Å². The van der Waals surface area contributed by atoms with Crippen LogP contribution in [0.1, 0.15) is 99.1 Å². The molecule has 0 aliphatic rings. The number of thiophene rings is 1. The number of hydrogen-bond acceptors (Lipinski definition) is 4. The third kappa shape index (κ3) is 9.93. The molecule has 0 saturated carbocycles. The first kappa shape index (κ1) is 41.1. The third-order valence-corrected chi connectivity index (χ3v) is 10.4. The molecule has 6 heteroatoms. The number of ketones is 1. The van der Waals surface area contributed by atoms with E-state index in [2.05, 4.69) is 108 Å². The van der Waals surface area contributed by atoms with Gasteiger partial charge in [0.05, 0.1) is 17.6 Å². The van der Waals surface area contributed by atoms with E-state index in [1.54, 1.807) is 11.3 Å². The molecule has 4 nitrogen and oxygen atoms in total. The van der Waals surface area contributed by atoms with E-state index < -0.39 is 0 Å². The molecule has 0 spiro atoms. The molecule has 0 atom stereocenters. The van der Waals surface area contributed by atoms with Crippen molar-refractivity contribution >= 4 is 38.1 Å². The molecule has 0 fully saturated rings. The number of carbonyl (C=O) groups is 1. The Hall–Kier alpha value is -3.31. The zero-order valence-corrected chi connectivity index (χ0v) is 34.6. The van der Waals surface area contributed by atoms with Crippen molar-refractivity contribution in [2.75, 3.05) is 0 Å². The largest absolute Gasteiger partial charge is 0.512 e. The van der Waals surface area contributed by atoms with E-state index >= 15 is 0 Å². The molecule has 5 aromatic rings. The Bertz CT molecular complexity index is 1910. The van der Waals surface area contributed by atoms with E-state index in [1.165, 1.54) is 28.0 Å². The number of aliphatic hydroxyl groups excluding tert-OH is 1. The van der Waals surface area contributed by atoms with Gasteiger partial charge in [-0.3, -0.25) is 4.79 Å². The minimum atomic E-state index is 0. The van der Waals surface area contributed by atoms with Crippen molar-refractivity contribution in [2.45, 2.75) is 99.8 Å². The van der Waals surface area contributed by atoms with Gasteiger partial charge in [0, 0.05) is 50.5 Å². The van der Waals surface area contributed by atoms with Gasteiger partial charge in [-0.25, -0.2) is 4.98 Å². The molecule has 5 rings (SSSR count). The molecule has 0 aliphatic carbocycles. The van der Waals surface area contributed by atoms with Crippen molar-refractivity contribution in [3.05, 3.63) is 102 Å². The molecule has 0 bridgehead atoms. The van der Waals surface area contributed by atoms with Crippen molar-refractivity contribution in [2.24, 2.45) is 17.8 Å². The predicted octanol–water partition coefficient (Wildman–Crippen LogP) is 11.9. The van der Waals surface area contributed by atoms with E-state index in [-0.39, 0.29) is 48.9 Å². The molecule has 0 amide bonds. The summed E-state index contributed by atoms with van der Waals surface area (Å²) in [5, 5.41) is 15.7. The number of aromatic nitrogens is 2. The molecule has 1 N–H and O–H groups in total. The van der Waals surface area contributed by atoms with Gasteiger partial charge in [-0.15, -0.1) is 40.5 Å². The number of pyridine rings is 2. The SMILES string of the molecule is CCC(CC)C(=O)/C=C(\O)C(CC)CC.[CH2-][n+]1ccc(-c2ccc3c(CC(C)C)csc3n2)cc1-c1[c-]c2ccccc2c(C(C)(C)C)c1.[Ir]. The van der Waals surface area contributed by atoms with Gasteiger partial charge in [0.15, 0.2) is 5.78 Å². The van der Waals surface area contributed by atoms with E-state index in [9.17, 15) is 9.90 Å². The van der Waals surface area contributed by atoms with Crippen molar-refractivity contribution < 1.29 is 34.6 Å². The summed E-state index contributed by atoms with van der Waals surface area (Å²) in [5.41, 5.74) is 6.90. The van der Waals surface area contributed by atoms with E-state index in [1.807, 2.05) is 38.5 Å². The van der Waals surface area contributed by atoms with Gasteiger partial charge in [0.25, 0.3) is 0 Å². The number of allylic oxidation sites excluding steroid dienone is 2. The maximum atomic E-state index is 11.7. The summed E-state index contributed by atoms with van der Waals surface area (Å²) in [5.74, 6) is 1.18. The molecule has 1 radical (unpaired) electrons. The second kappa shape index (κ2) is 18.3. The zero-order chi connectivity index (χ0) is 35.9. The molecule has 269 valence electrons. The van der Waals surface area contributed by atoms with Gasteiger partial charge in [0.1, 0.15) is 10.5 Å². The number of fused-ring (bicyclic) bond motifs is 2. The Morgan fingerprint density at radius 3 is 2.24 bits per heavy atom. The van der Waals surface area contributed by atoms with Crippen LogP contribution in [-0.4, -0.2) is 15.9 Å². The fourth-order valence-corrected chi connectivity index (χ4v) is 7.37. The van der Waals surface area contributed by atoms with Gasteiger partial charge < -0.3 is 9.67 Å². The van der Waals surface area contributed by atoms with Crippen molar-refractivity contribution in [1.82, 2.24) is 4.98 Å². The first-order chi connectivity index (χ1) is 23.3. The molecule has 3 heterocycles. The Balaban J connectivity index is 0.000000361. The van der Waals surface area contributed by atoms with Crippen LogP contribution in [-0.2, 0) is 36.7 Å². The van der Waals surface area contributed by atoms with Crippen LogP contribution in [0.5, 0.6) is 0 Å². The van der Waals surface area contributed by atoms with E-state index in [4.69, 9.17) is 4.98 Å². The second-order valence-electron chi connectivity index (χ2n) is 14.6. The van der Waals surface area contributed by atoms with Gasteiger partial charge in [-0.1, -0.05) is 91.5 Å². The number of rotatable bonds is 11. The van der Waals surface area contributed by atoms with Crippen LogP contribution in [0.3, 0.4) is 0 Å². The topological polar surface area (TPSA) is 54.1 Å². The maximum Gasteiger partial charge on any atom is 0.162 e. The minimum Gasteiger partial charge on any atom is -0.512 e. The molecule has 50 heavy (non-hydrogen) atoms. The van der Waals surface area contributed by atoms with E-state index in [0.29, 0.717) is 5.92 Å². The molecule has 0 saturated heterocycles. The normalized spacial score (nSPS) is 12.0. The van der Waals surface area contributed by atoms with Crippen LogP contribution in [0.25, 0.3) is 43.5 Å². The molecular weight excluding hydrogens is 813 g/mol. The van der Waals surface area contributed by atoms with E-state index in [0.717, 1.165) is 64.8 Å². The summed E-state index contributed by atoms with van der Waals surface area (Å²) in [7, 11) is 4.26. The van der Waals surface area contributed by atoms with Crippen LogP contribution < -0.4 is 4.57 Å². The van der Waals surface area contributed by atoms with Crippen molar-refractivity contribution in [3.63, 3.8) is 0 Å². The fraction of sp³-hybridized carbons (Fsp3) is 0.409. The van der Waals surface area contributed by atoms with Crippen molar-refractivity contribution in [1.29, 1.82) is 0 Å². The summed E-state index contributed by atoms with van der Waals surface area (Å²) in [6, 6.07) is 23.1. The third-order valence-electron chi connectivity index (χ3n) is 9.42. The van der Waals surface area contributed by atoms with Crippen molar-refractivity contribution in [3.8, 4) is 22.5 Å². The van der Waals surface area contributed by atoms with Gasteiger partial charge in [-0.2, -0.15) is 0 Å². The zero-order valence-electron chi connectivity index (χ0n) is 31.4. The molecule has 2 aromatic carbocycles. The quantitative estimate of drug-likeness (QED) is 0.0623. The number of benzene rings is 2. The maximum absolute atomic E-state index is 11.7. The first-order valence-corrected chi connectivity index (χ1v) is 18.8. The van der Waals surface area contributed by atoms with Gasteiger partial charge in [0.2, 0.25) is 0 Å². The molecular formula is C44H55IrN2O2S-. The Morgan fingerprint density at radius 2 is 1.62 bits per heavy atom. The van der Waals surface area contributed by atoms with Crippen LogP contribution in [0.15, 0.2) is 78.0 Å². The number of nitrogens with zero attached hydrogens (tertiary/aromatic N) is 2. The van der Waals surface area contributed by atoms with Gasteiger partial charge >= 0.3 is 0 Å². The minimum absolute atomic E-state index is 0. The Kier molecular flexibility index (Phi) is 15.0. The second-order valence-corrected chi connectivity index (χ2v) is 15.4. The van der Waals surface area contributed by atoms with Gasteiger partial charge in [-0.05, 0) is 84.2 Å². The average Bonchev–Trinajstić information content (AvgIpc) is 3.46. The molecule has 0 aliphatic heterocycles. The van der Waals surface area contributed by atoms with Crippen LogP contribution in [0.2, 0.25) is 0 Å². The summed E-state index contributed by atoms with van der Waals surface area (Å²) >= 11 is 1.74. The first-order valence-electron chi connectivity index (χ1n) is 17.9. The summed E-state index contributed by atoms with van der Waals surface area (Å²) in [4.78, 5) is 17.8. The summed E-state index contributed by atoms with van der Waals surface area (Å²) in [6.07, 6.45) is 8.02. The number of aliphatic hydroxyl groups is 1. The molecule has 0 unspecified atom stereocenters. The van der Waals surface area contributed by atoms with Crippen LogP contribution >= 0.6 is 11.3 Å². The Labute approximate surface area is 318 Å². The van der Waals surface area contributed by atoms with Crippen LogP contribution in [0, 0.1) is 30.9 Å². The average molecular weight is 868 g/mol. The fourth-order valence-electron chi connectivity index (χ4n) is 6.41. The monoisotopic (exact) mass is 868 g/mol. The number of hydrogen-bond donors (Lipinski definition) is 1. The summed E-state index contributed by atoms with van der Waals surface area (Å²) in [6.45, 7) is 19.4. The molecule has 3 aromatic heterocycles. The Morgan fingerprint density at radius 1 is 0.960 bits per heavy atom. The number of carbonyl (C=O) groups excluding carboxylic acids is 1. The smallest absolute Gasteiger partial charge is 0.162 e. The standard InChI is InChI=1S/C31H31N2S.C13H24O2.Ir/c1-20(2)15-24-19-34-30-26(24)11-12-28(32-30)22-13-14-33(6)29(18-22)23-16-21-9-7-8-10-25(21)27(17-23)31(3,4)5;1-5-10(6-2)12(14)9-13(15)11(7-3)8-4;/h7-14,17-20H,6,15H2,1-5H3;9-11,14H,5-8H2,1-4H3;/q-1;;/b;12-9-;. The predicted molar refractivity (Wildman–Crippen MR) is 209 cm³/mol. The summed E-state index contributed by atoms with van der Waals surface area (Å²) < 4.78 is 1.93.